The minimum absolute atomic E-state index is 0.134. The van der Waals surface area contributed by atoms with E-state index in [2.05, 4.69) is 32.3 Å². The van der Waals surface area contributed by atoms with E-state index in [-0.39, 0.29) is 36.1 Å². The number of ether oxygens (including phenoxy) is 3. The minimum Gasteiger partial charge on any atom is -0.469 e. The molecule has 0 aromatic carbocycles. The van der Waals surface area contributed by atoms with E-state index in [1.165, 1.54) is 84.8 Å². The lowest BCUT2D eigenvalue weighted by Gasteiger charge is -2.21. The zero-order chi connectivity index (χ0) is 33.2. The Kier molecular flexibility index (Phi) is 28.3. The molecule has 42 heavy (non-hydrogen) atoms. The Labute approximate surface area is 258 Å². The standard InChI is InChI=1S/C14H31N.C13H22O5.C7H14O2/c1-4-5-6-7-8-9-10-11-12-13-14-15(2)3;1-6-13(4,5)12(16)18-8-10(14)7-17-11(15)9(2)3;1-5-7(2,3)6(8)9-4/h4-14H2,1-3H3;10,14H,2,6-8H2,1,3-5H3;5H2,1-4H3/p+1. The van der Waals surface area contributed by atoms with Crippen molar-refractivity contribution in [2.24, 2.45) is 10.8 Å². The summed E-state index contributed by atoms with van der Waals surface area (Å²) in [5.41, 5.74) is -0.630. The Hall–Kier alpha value is -1.93. The number of unbranched alkanes of at least 4 members (excludes halogenated alkanes) is 9. The molecular formula is C34H68NO7+. The smallest absolute Gasteiger partial charge is 0.333 e. The molecule has 0 aromatic rings. The first-order valence-electron chi connectivity index (χ1n) is 16.1. The fraction of sp³-hybridized carbons (Fsp3) is 0.853. The van der Waals surface area contributed by atoms with Gasteiger partial charge in [0.15, 0.2) is 0 Å². The number of rotatable bonds is 20. The SMILES string of the molecule is C=C(C)C(=O)OCC(O)COC(=O)C(C)(C)CC.CCC(C)(C)C(=O)OC.CCCCCCCCCCCC[NH+](C)C. The number of carbonyl (C=O) groups is 3. The van der Waals surface area contributed by atoms with Crippen LogP contribution in [0, 0.1) is 10.8 Å². The molecule has 0 fully saturated rings. The van der Waals surface area contributed by atoms with Crippen molar-refractivity contribution < 1.29 is 38.6 Å². The number of nitrogens with one attached hydrogen (secondary N) is 1. The summed E-state index contributed by atoms with van der Waals surface area (Å²) >= 11 is 0. The van der Waals surface area contributed by atoms with Crippen LogP contribution in [0.5, 0.6) is 0 Å². The number of quaternary nitrogens is 1. The third-order valence-electron chi connectivity index (χ3n) is 7.25. The Balaban J connectivity index is -0.000000573. The number of methoxy groups -OCH3 is 1. The van der Waals surface area contributed by atoms with Gasteiger partial charge in [0.05, 0.1) is 38.6 Å². The number of aliphatic hydroxyl groups is 1. The van der Waals surface area contributed by atoms with Crippen LogP contribution >= 0.6 is 0 Å². The van der Waals surface area contributed by atoms with E-state index in [9.17, 15) is 19.5 Å². The van der Waals surface area contributed by atoms with Crippen LogP contribution in [-0.4, -0.2) is 70.1 Å². The molecular weight excluding hydrogens is 534 g/mol. The Morgan fingerprint density at radius 2 is 1.14 bits per heavy atom. The molecule has 0 amide bonds. The molecule has 0 rings (SSSR count). The molecule has 0 radical (unpaired) electrons. The number of esters is 3. The molecule has 0 saturated carbocycles. The van der Waals surface area contributed by atoms with Crippen LogP contribution < -0.4 is 4.90 Å². The first kappa shape index (κ1) is 44.5. The Bertz CT molecular complexity index is 717. The lowest BCUT2D eigenvalue weighted by atomic mass is 9.91. The predicted molar refractivity (Wildman–Crippen MR) is 172 cm³/mol. The van der Waals surface area contributed by atoms with Gasteiger partial charge in [0, 0.05) is 5.57 Å². The predicted octanol–water partition coefficient (Wildman–Crippen LogP) is 6.09. The number of hydrogen-bond acceptors (Lipinski definition) is 7. The normalized spacial score (nSPS) is 11.8. The summed E-state index contributed by atoms with van der Waals surface area (Å²) in [6, 6.07) is 0. The van der Waals surface area contributed by atoms with Crippen molar-refractivity contribution in [2.75, 3.05) is 41.0 Å². The summed E-state index contributed by atoms with van der Waals surface area (Å²) in [4.78, 5) is 35.1. The van der Waals surface area contributed by atoms with Crippen molar-refractivity contribution in [1.82, 2.24) is 0 Å². The molecule has 0 saturated heterocycles. The highest BCUT2D eigenvalue weighted by molar-refractivity contribution is 5.86. The number of carbonyl (C=O) groups excluding carboxylic acids is 3. The van der Waals surface area contributed by atoms with E-state index in [0.29, 0.717) is 6.42 Å². The van der Waals surface area contributed by atoms with E-state index in [0.717, 1.165) is 6.42 Å². The molecule has 0 aliphatic rings. The van der Waals surface area contributed by atoms with Gasteiger partial charge in [0.1, 0.15) is 19.3 Å². The van der Waals surface area contributed by atoms with Gasteiger partial charge < -0.3 is 24.2 Å². The maximum Gasteiger partial charge on any atom is 0.333 e. The lowest BCUT2D eigenvalue weighted by Crippen LogP contribution is -3.05. The maximum atomic E-state index is 11.6. The fourth-order valence-electron chi connectivity index (χ4n) is 3.24. The maximum absolute atomic E-state index is 11.6. The first-order valence-corrected chi connectivity index (χ1v) is 16.1. The van der Waals surface area contributed by atoms with Gasteiger partial charge in [0.2, 0.25) is 0 Å². The third-order valence-corrected chi connectivity index (χ3v) is 7.25. The van der Waals surface area contributed by atoms with Crippen LogP contribution in [0.1, 0.15) is 132 Å². The van der Waals surface area contributed by atoms with Crippen molar-refractivity contribution in [3.8, 4) is 0 Å². The van der Waals surface area contributed by atoms with Gasteiger partial charge >= 0.3 is 17.9 Å². The molecule has 1 atom stereocenters. The molecule has 250 valence electrons. The molecule has 2 N–H and O–H groups in total. The van der Waals surface area contributed by atoms with Gasteiger partial charge in [-0.3, -0.25) is 9.59 Å². The molecule has 8 heteroatoms. The quantitative estimate of drug-likeness (QED) is 0.0752. The molecule has 0 aliphatic heterocycles. The van der Waals surface area contributed by atoms with Crippen LogP contribution in [-0.2, 0) is 28.6 Å². The van der Waals surface area contributed by atoms with Crippen LogP contribution in [0.15, 0.2) is 12.2 Å². The average Bonchev–Trinajstić information content (AvgIpc) is 2.95. The van der Waals surface area contributed by atoms with Crippen LogP contribution in [0.2, 0.25) is 0 Å². The topological polar surface area (TPSA) is 104 Å². The largest absolute Gasteiger partial charge is 0.469 e. The summed E-state index contributed by atoms with van der Waals surface area (Å²) in [5, 5.41) is 9.48. The molecule has 1 unspecified atom stereocenters. The monoisotopic (exact) mass is 602 g/mol. The van der Waals surface area contributed by atoms with E-state index in [1.54, 1.807) is 18.7 Å². The van der Waals surface area contributed by atoms with Gasteiger partial charge in [0.25, 0.3) is 0 Å². The molecule has 0 aromatic heterocycles. The van der Waals surface area contributed by atoms with E-state index in [1.807, 2.05) is 27.7 Å². The van der Waals surface area contributed by atoms with Crippen molar-refractivity contribution in [1.29, 1.82) is 0 Å². The second-order valence-corrected chi connectivity index (χ2v) is 12.7. The average molecular weight is 603 g/mol. The highest BCUT2D eigenvalue weighted by Gasteiger charge is 2.28. The van der Waals surface area contributed by atoms with Gasteiger partial charge in [-0.15, -0.1) is 0 Å². The zero-order valence-electron chi connectivity index (χ0n) is 29.3. The van der Waals surface area contributed by atoms with Crippen molar-refractivity contribution in [2.45, 2.75) is 139 Å². The van der Waals surface area contributed by atoms with Crippen LogP contribution in [0.25, 0.3) is 0 Å². The van der Waals surface area contributed by atoms with Crippen molar-refractivity contribution >= 4 is 17.9 Å². The molecule has 0 spiro atoms. The summed E-state index contributed by atoms with van der Waals surface area (Å²) in [5.74, 6) is -1.09. The number of aliphatic hydroxyl groups excluding tert-OH is 1. The highest BCUT2D eigenvalue weighted by Crippen LogP contribution is 2.21. The van der Waals surface area contributed by atoms with E-state index < -0.39 is 17.5 Å². The zero-order valence-corrected chi connectivity index (χ0v) is 29.3. The van der Waals surface area contributed by atoms with Crippen molar-refractivity contribution in [3.05, 3.63) is 12.2 Å². The van der Waals surface area contributed by atoms with Gasteiger partial charge in [-0.25, -0.2) is 4.79 Å². The van der Waals surface area contributed by atoms with E-state index >= 15 is 0 Å². The van der Waals surface area contributed by atoms with Gasteiger partial charge in [-0.05, 0) is 60.3 Å². The van der Waals surface area contributed by atoms with Crippen LogP contribution in [0.4, 0.5) is 0 Å². The van der Waals surface area contributed by atoms with E-state index in [4.69, 9.17) is 9.47 Å². The first-order chi connectivity index (χ1) is 19.5. The van der Waals surface area contributed by atoms with Gasteiger partial charge in [-0.1, -0.05) is 78.7 Å². The summed E-state index contributed by atoms with van der Waals surface area (Å²) in [6.45, 7) is 19.3. The summed E-state index contributed by atoms with van der Waals surface area (Å²) in [7, 11) is 5.90. The highest BCUT2D eigenvalue weighted by atomic mass is 16.6. The van der Waals surface area contributed by atoms with Crippen molar-refractivity contribution in [3.63, 3.8) is 0 Å². The Morgan fingerprint density at radius 1 is 0.738 bits per heavy atom. The Morgan fingerprint density at radius 3 is 1.50 bits per heavy atom. The molecule has 0 heterocycles. The second kappa shape index (κ2) is 26.7. The second-order valence-electron chi connectivity index (χ2n) is 12.7. The summed E-state index contributed by atoms with van der Waals surface area (Å²) < 4.78 is 14.2. The lowest BCUT2D eigenvalue weighted by molar-refractivity contribution is -0.858. The molecule has 0 bridgehead atoms. The molecule has 0 aliphatic carbocycles. The summed E-state index contributed by atoms with van der Waals surface area (Å²) in [6.07, 6.45) is 14.9. The van der Waals surface area contributed by atoms with Crippen LogP contribution in [0.3, 0.4) is 0 Å². The number of hydrogen-bond donors (Lipinski definition) is 2. The molecule has 8 nitrogen and oxygen atoms in total. The third kappa shape index (κ3) is 26.9. The van der Waals surface area contributed by atoms with Gasteiger partial charge in [-0.2, -0.15) is 0 Å². The minimum atomic E-state index is -1.02. The fourth-order valence-corrected chi connectivity index (χ4v) is 3.24.